The summed E-state index contributed by atoms with van der Waals surface area (Å²) in [6.07, 6.45) is 4.53. The summed E-state index contributed by atoms with van der Waals surface area (Å²) >= 11 is 0. The smallest absolute Gasteiger partial charge is 0.122 e. The van der Waals surface area contributed by atoms with Crippen molar-refractivity contribution in [1.82, 2.24) is 0 Å². The highest BCUT2D eigenvalue weighted by Crippen LogP contribution is 2.29. The van der Waals surface area contributed by atoms with Gasteiger partial charge in [-0.25, -0.2) is 0 Å². The van der Waals surface area contributed by atoms with Gasteiger partial charge in [0, 0.05) is 0 Å². The number of unbranched alkanes of at least 4 members (excludes halogenated alkanes) is 2. The summed E-state index contributed by atoms with van der Waals surface area (Å²) in [5.74, 6) is 1.98. The van der Waals surface area contributed by atoms with Gasteiger partial charge in [-0.1, -0.05) is 26.7 Å². The van der Waals surface area contributed by atoms with E-state index >= 15 is 0 Å². The molecule has 0 N–H and O–H groups in total. The van der Waals surface area contributed by atoms with Crippen LogP contribution in [-0.4, -0.2) is 13.2 Å². The standard InChI is InChI=1S/C16H26O2/c1-5-7-11-17-15-9-10-16(14(4)13(15)3)18-12-8-6-2/h9-10H,5-8,11-12H2,1-4H3. The Hall–Kier alpha value is -1.18. The van der Waals surface area contributed by atoms with Crippen molar-refractivity contribution in [2.75, 3.05) is 13.2 Å². The largest absolute Gasteiger partial charge is 0.493 e. The number of benzene rings is 1. The lowest BCUT2D eigenvalue weighted by molar-refractivity contribution is 0.297. The zero-order valence-corrected chi connectivity index (χ0v) is 12.2. The van der Waals surface area contributed by atoms with E-state index < -0.39 is 0 Å². The molecule has 0 fully saturated rings. The second-order valence-electron chi connectivity index (χ2n) is 4.72. The van der Waals surface area contributed by atoms with Crippen molar-refractivity contribution in [1.29, 1.82) is 0 Å². The van der Waals surface area contributed by atoms with Crippen molar-refractivity contribution in [2.45, 2.75) is 53.4 Å². The quantitative estimate of drug-likeness (QED) is 0.625. The Morgan fingerprint density at radius 1 is 0.778 bits per heavy atom. The summed E-state index contributed by atoms with van der Waals surface area (Å²) < 4.78 is 11.6. The molecule has 1 aromatic rings. The fraction of sp³-hybridized carbons (Fsp3) is 0.625. The number of ether oxygens (including phenoxy) is 2. The third-order valence-electron chi connectivity index (χ3n) is 3.20. The van der Waals surface area contributed by atoms with Gasteiger partial charge in [0.15, 0.2) is 0 Å². The van der Waals surface area contributed by atoms with Gasteiger partial charge in [-0.3, -0.25) is 0 Å². The molecule has 0 aromatic heterocycles. The average Bonchev–Trinajstić information content (AvgIpc) is 2.37. The molecular formula is C16H26O2. The molecule has 102 valence electrons. The molecule has 0 amide bonds. The second kappa shape index (κ2) is 8.02. The minimum absolute atomic E-state index is 0.798. The minimum atomic E-state index is 0.798. The molecule has 0 heterocycles. The Bertz CT molecular complexity index is 323. The average molecular weight is 250 g/mol. The Morgan fingerprint density at radius 3 is 1.50 bits per heavy atom. The summed E-state index contributed by atoms with van der Waals surface area (Å²) in [6, 6.07) is 4.05. The zero-order valence-electron chi connectivity index (χ0n) is 12.2. The van der Waals surface area contributed by atoms with E-state index in [0.717, 1.165) is 50.4 Å². The predicted molar refractivity (Wildman–Crippen MR) is 76.7 cm³/mol. The molecule has 0 aliphatic carbocycles. The predicted octanol–water partition coefficient (Wildman–Crippen LogP) is 4.66. The monoisotopic (exact) mass is 250 g/mol. The van der Waals surface area contributed by atoms with E-state index in [1.165, 1.54) is 11.1 Å². The fourth-order valence-electron chi connectivity index (χ4n) is 1.74. The van der Waals surface area contributed by atoms with E-state index in [0.29, 0.717) is 0 Å². The highest BCUT2D eigenvalue weighted by atomic mass is 16.5. The minimum Gasteiger partial charge on any atom is -0.493 e. The molecule has 0 unspecified atom stereocenters. The van der Waals surface area contributed by atoms with Gasteiger partial charge in [0.2, 0.25) is 0 Å². The van der Waals surface area contributed by atoms with Crippen LogP contribution in [0.15, 0.2) is 12.1 Å². The molecule has 1 aromatic carbocycles. The van der Waals surface area contributed by atoms with Crippen LogP contribution < -0.4 is 9.47 Å². The summed E-state index contributed by atoms with van der Waals surface area (Å²) in [4.78, 5) is 0. The Balaban J connectivity index is 2.65. The molecule has 18 heavy (non-hydrogen) atoms. The lowest BCUT2D eigenvalue weighted by atomic mass is 10.1. The fourth-order valence-corrected chi connectivity index (χ4v) is 1.74. The van der Waals surface area contributed by atoms with E-state index in [4.69, 9.17) is 9.47 Å². The third kappa shape index (κ3) is 4.25. The van der Waals surface area contributed by atoms with Crippen LogP contribution >= 0.6 is 0 Å². The molecule has 0 saturated heterocycles. The van der Waals surface area contributed by atoms with Crippen molar-refractivity contribution in [3.8, 4) is 11.5 Å². The van der Waals surface area contributed by atoms with Gasteiger partial charge in [-0.2, -0.15) is 0 Å². The Labute approximate surface area is 111 Å². The SMILES string of the molecule is CCCCOc1ccc(OCCCC)c(C)c1C. The number of hydrogen-bond acceptors (Lipinski definition) is 2. The normalized spacial score (nSPS) is 10.4. The lowest BCUT2D eigenvalue weighted by Gasteiger charge is -2.15. The van der Waals surface area contributed by atoms with Gasteiger partial charge >= 0.3 is 0 Å². The Morgan fingerprint density at radius 2 is 1.17 bits per heavy atom. The maximum atomic E-state index is 5.78. The van der Waals surface area contributed by atoms with E-state index in [2.05, 4.69) is 27.7 Å². The molecule has 0 bridgehead atoms. The van der Waals surface area contributed by atoms with E-state index in [9.17, 15) is 0 Å². The van der Waals surface area contributed by atoms with Crippen LogP contribution in [-0.2, 0) is 0 Å². The highest BCUT2D eigenvalue weighted by molar-refractivity contribution is 5.47. The molecule has 0 saturated carbocycles. The van der Waals surface area contributed by atoms with E-state index in [1.807, 2.05) is 12.1 Å². The van der Waals surface area contributed by atoms with Crippen molar-refractivity contribution >= 4 is 0 Å². The molecule has 2 nitrogen and oxygen atoms in total. The molecular weight excluding hydrogens is 224 g/mol. The lowest BCUT2D eigenvalue weighted by Crippen LogP contribution is -2.02. The van der Waals surface area contributed by atoms with Crippen molar-refractivity contribution in [3.63, 3.8) is 0 Å². The van der Waals surface area contributed by atoms with Crippen LogP contribution in [0.2, 0.25) is 0 Å². The van der Waals surface area contributed by atoms with Crippen molar-refractivity contribution < 1.29 is 9.47 Å². The van der Waals surface area contributed by atoms with Crippen molar-refractivity contribution in [2.24, 2.45) is 0 Å². The van der Waals surface area contributed by atoms with Crippen LogP contribution in [0, 0.1) is 13.8 Å². The first-order valence-corrected chi connectivity index (χ1v) is 7.06. The number of rotatable bonds is 8. The van der Waals surface area contributed by atoms with Gasteiger partial charge in [0.25, 0.3) is 0 Å². The van der Waals surface area contributed by atoms with Crippen LogP contribution in [0.3, 0.4) is 0 Å². The molecule has 2 heteroatoms. The molecule has 0 atom stereocenters. The topological polar surface area (TPSA) is 18.5 Å². The van der Waals surface area contributed by atoms with Crippen LogP contribution in [0.5, 0.6) is 11.5 Å². The first kappa shape index (κ1) is 14.9. The van der Waals surface area contributed by atoms with E-state index in [1.54, 1.807) is 0 Å². The summed E-state index contributed by atoms with van der Waals surface area (Å²) in [7, 11) is 0. The molecule has 0 aliphatic heterocycles. The van der Waals surface area contributed by atoms with Crippen LogP contribution in [0.1, 0.15) is 50.7 Å². The zero-order chi connectivity index (χ0) is 13.4. The van der Waals surface area contributed by atoms with Gasteiger partial charge < -0.3 is 9.47 Å². The summed E-state index contributed by atoms with van der Waals surface area (Å²) in [5.41, 5.74) is 2.39. The van der Waals surface area contributed by atoms with Gasteiger partial charge in [0.1, 0.15) is 11.5 Å². The van der Waals surface area contributed by atoms with Gasteiger partial charge in [-0.15, -0.1) is 0 Å². The highest BCUT2D eigenvalue weighted by Gasteiger charge is 2.08. The van der Waals surface area contributed by atoms with Crippen molar-refractivity contribution in [3.05, 3.63) is 23.3 Å². The van der Waals surface area contributed by atoms with Gasteiger partial charge in [-0.05, 0) is 49.9 Å². The maximum Gasteiger partial charge on any atom is 0.122 e. The maximum absolute atomic E-state index is 5.78. The first-order chi connectivity index (χ1) is 8.70. The third-order valence-corrected chi connectivity index (χ3v) is 3.20. The number of hydrogen-bond donors (Lipinski definition) is 0. The summed E-state index contributed by atoms with van der Waals surface area (Å²) in [6.45, 7) is 10.1. The van der Waals surface area contributed by atoms with Crippen LogP contribution in [0.25, 0.3) is 0 Å². The second-order valence-corrected chi connectivity index (χ2v) is 4.72. The molecule has 0 spiro atoms. The molecule has 0 aliphatic rings. The first-order valence-electron chi connectivity index (χ1n) is 7.06. The summed E-state index contributed by atoms with van der Waals surface area (Å²) in [5, 5.41) is 0. The molecule has 0 radical (unpaired) electrons. The van der Waals surface area contributed by atoms with E-state index in [-0.39, 0.29) is 0 Å². The Kier molecular flexibility index (Phi) is 6.63. The molecule has 1 rings (SSSR count). The van der Waals surface area contributed by atoms with Gasteiger partial charge in [0.05, 0.1) is 13.2 Å². The van der Waals surface area contributed by atoms with Crippen LogP contribution in [0.4, 0.5) is 0 Å².